The smallest absolute Gasteiger partial charge is 0.294 e. The van der Waals surface area contributed by atoms with Gasteiger partial charge in [-0.15, -0.1) is 5.10 Å². The minimum Gasteiger partial charge on any atom is -0.378 e. The Morgan fingerprint density at radius 1 is 1.28 bits per heavy atom. The summed E-state index contributed by atoms with van der Waals surface area (Å²) in [5.74, 6) is -0.182. The van der Waals surface area contributed by atoms with E-state index < -0.39 is 5.91 Å². The number of nitrogens with two attached hydrogens (primary N) is 1. The monoisotopic (exact) mass is 397 g/mol. The number of pyridine rings is 1. The summed E-state index contributed by atoms with van der Waals surface area (Å²) in [6.07, 6.45) is 8.32. The molecule has 1 aliphatic rings. The highest BCUT2D eigenvalue weighted by atomic mass is 16.6. The van der Waals surface area contributed by atoms with Crippen molar-refractivity contribution in [3.05, 3.63) is 41.5 Å². The van der Waals surface area contributed by atoms with E-state index in [1.165, 1.54) is 22.2 Å². The maximum atomic E-state index is 12.7. The third-order valence-electron chi connectivity index (χ3n) is 4.74. The van der Waals surface area contributed by atoms with Gasteiger partial charge in [-0.3, -0.25) is 9.78 Å². The normalized spacial score (nSPS) is 15.0. The standard InChI is InChI=1S/C17H20N10O2/c18-15-16(24-29-23-15)27-13(11-26-8-2-1-3-9-26)14(21-25-27)17(28)22-20-10-12-4-6-19-7-5-12/h4-7,10H,1-3,8-9,11H2,(H2,18,23)(H,22,28)/p+1/b20-10-. The molecule has 0 atom stereocenters. The molecule has 0 saturated carbocycles. The predicted octanol–water partition coefficient (Wildman–Crippen LogP) is -1.04. The van der Waals surface area contributed by atoms with Crippen molar-refractivity contribution in [3.63, 3.8) is 0 Å². The molecular weight excluding hydrogens is 376 g/mol. The second-order valence-electron chi connectivity index (χ2n) is 6.74. The highest BCUT2D eigenvalue weighted by Crippen LogP contribution is 2.15. The Morgan fingerprint density at radius 2 is 2.07 bits per heavy atom. The van der Waals surface area contributed by atoms with E-state index in [0.717, 1.165) is 31.5 Å². The number of anilines is 1. The summed E-state index contributed by atoms with van der Waals surface area (Å²) in [6, 6.07) is 3.55. The van der Waals surface area contributed by atoms with Crippen LogP contribution in [-0.4, -0.2) is 55.5 Å². The zero-order chi connectivity index (χ0) is 20.1. The number of piperidine rings is 1. The van der Waals surface area contributed by atoms with Gasteiger partial charge < -0.3 is 10.6 Å². The van der Waals surface area contributed by atoms with Crippen molar-refractivity contribution in [2.45, 2.75) is 25.8 Å². The van der Waals surface area contributed by atoms with Crippen LogP contribution < -0.4 is 16.1 Å². The minimum absolute atomic E-state index is 0.0764. The zero-order valence-corrected chi connectivity index (χ0v) is 15.7. The molecule has 4 heterocycles. The van der Waals surface area contributed by atoms with Crippen LogP contribution in [0.5, 0.6) is 0 Å². The summed E-state index contributed by atoms with van der Waals surface area (Å²) in [7, 11) is 0. The van der Waals surface area contributed by atoms with Crippen molar-refractivity contribution < 1.29 is 14.3 Å². The van der Waals surface area contributed by atoms with Gasteiger partial charge >= 0.3 is 0 Å². The number of quaternary nitrogens is 1. The van der Waals surface area contributed by atoms with Crippen LogP contribution >= 0.6 is 0 Å². The molecule has 12 heteroatoms. The highest BCUT2D eigenvalue weighted by Gasteiger charge is 2.27. The molecule has 1 amide bonds. The van der Waals surface area contributed by atoms with E-state index in [9.17, 15) is 4.79 Å². The van der Waals surface area contributed by atoms with Crippen molar-refractivity contribution in [2.75, 3.05) is 18.8 Å². The van der Waals surface area contributed by atoms with Gasteiger partial charge in [0.05, 0.1) is 19.3 Å². The topological polar surface area (TPSA) is 154 Å². The summed E-state index contributed by atoms with van der Waals surface area (Å²) < 4.78 is 6.09. The van der Waals surface area contributed by atoms with Gasteiger partial charge in [-0.25, -0.2) is 10.1 Å². The number of nitrogens with zero attached hydrogens (tertiary/aromatic N) is 7. The van der Waals surface area contributed by atoms with E-state index in [-0.39, 0.29) is 17.3 Å². The van der Waals surface area contributed by atoms with Gasteiger partial charge in [0, 0.05) is 12.4 Å². The molecule has 0 unspecified atom stereocenters. The second kappa shape index (κ2) is 8.56. The number of rotatable bonds is 6. The lowest BCUT2D eigenvalue weighted by atomic mass is 10.1. The summed E-state index contributed by atoms with van der Waals surface area (Å²) >= 11 is 0. The molecular formula is C17H21N10O2+. The molecule has 3 aromatic rings. The lowest BCUT2D eigenvalue weighted by Crippen LogP contribution is -3.11. The number of hydrogen-bond acceptors (Lipinski definition) is 9. The molecule has 0 aliphatic carbocycles. The van der Waals surface area contributed by atoms with E-state index in [4.69, 9.17) is 5.73 Å². The lowest BCUT2D eigenvalue weighted by Gasteiger charge is -2.23. The molecule has 0 spiro atoms. The largest absolute Gasteiger partial charge is 0.378 e. The third kappa shape index (κ3) is 4.27. The maximum Gasteiger partial charge on any atom is 0.294 e. The number of nitrogen functional groups attached to an aromatic ring is 1. The number of carbonyl (C=O) groups is 1. The van der Waals surface area contributed by atoms with Gasteiger partial charge in [0.25, 0.3) is 5.91 Å². The van der Waals surface area contributed by atoms with Crippen LogP contribution in [0.2, 0.25) is 0 Å². The molecule has 1 fully saturated rings. The summed E-state index contributed by atoms with van der Waals surface area (Å²) in [4.78, 5) is 18.0. The Labute approximate surface area is 165 Å². The van der Waals surface area contributed by atoms with E-state index in [1.807, 2.05) is 0 Å². The Bertz CT molecular complexity index is 991. The summed E-state index contributed by atoms with van der Waals surface area (Å²) in [6.45, 7) is 2.58. The van der Waals surface area contributed by atoms with Gasteiger partial charge in [-0.2, -0.15) is 9.78 Å². The van der Waals surface area contributed by atoms with Gasteiger partial charge in [-0.1, -0.05) is 5.21 Å². The molecule has 0 bridgehead atoms. The van der Waals surface area contributed by atoms with Crippen LogP contribution in [-0.2, 0) is 6.54 Å². The van der Waals surface area contributed by atoms with Crippen molar-refractivity contribution >= 4 is 17.9 Å². The molecule has 4 N–H and O–H groups in total. The number of carbonyl (C=O) groups excluding carboxylic acids is 1. The second-order valence-corrected chi connectivity index (χ2v) is 6.74. The molecule has 150 valence electrons. The van der Waals surface area contributed by atoms with E-state index in [2.05, 4.69) is 40.8 Å². The number of nitrogens with one attached hydrogen (secondary N) is 2. The fraction of sp³-hybridized carbons (Fsp3) is 0.353. The molecule has 3 aromatic heterocycles. The first kappa shape index (κ1) is 18.7. The number of aromatic nitrogens is 6. The van der Waals surface area contributed by atoms with Gasteiger partial charge in [0.15, 0.2) is 5.69 Å². The molecule has 29 heavy (non-hydrogen) atoms. The van der Waals surface area contributed by atoms with E-state index >= 15 is 0 Å². The Balaban J connectivity index is 1.58. The first-order valence-electron chi connectivity index (χ1n) is 9.32. The molecule has 0 aromatic carbocycles. The average molecular weight is 397 g/mol. The predicted molar refractivity (Wildman–Crippen MR) is 101 cm³/mol. The van der Waals surface area contributed by atoms with Crippen molar-refractivity contribution in [3.8, 4) is 5.82 Å². The first-order valence-corrected chi connectivity index (χ1v) is 9.32. The van der Waals surface area contributed by atoms with Crippen molar-refractivity contribution in [1.29, 1.82) is 0 Å². The zero-order valence-electron chi connectivity index (χ0n) is 15.7. The highest BCUT2D eigenvalue weighted by molar-refractivity contribution is 5.94. The molecule has 0 radical (unpaired) electrons. The van der Waals surface area contributed by atoms with Crippen LogP contribution in [0.3, 0.4) is 0 Å². The number of amides is 1. The summed E-state index contributed by atoms with van der Waals surface area (Å²) in [5.41, 5.74) is 9.86. The number of hydrazone groups is 1. The van der Waals surface area contributed by atoms with Gasteiger partial charge in [0.2, 0.25) is 11.6 Å². The Morgan fingerprint density at radius 3 is 2.79 bits per heavy atom. The van der Waals surface area contributed by atoms with Gasteiger partial charge in [0.1, 0.15) is 12.2 Å². The fourth-order valence-corrected chi connectivity index (χ4v) is 3.28. The van der Waals surface area contributed by atoms with Crippen LogP contribution in [0.25, 0.3) is 5.82 Å². The molecule has 1 aliphatic heterocycles. The molecule has 4 rings (SSSR count). The average Bonchev–Trinajstić information content (AvgIpc) is 3.35. The minimum atomic E-state index is -0.469. The van der Waals surface area contributed by atoms with Gasteiger partial charge in [-0.05, 0) is 47.3 Å². The lowest BCUT2D eigenvalue weighted by molar-refractivity contribution is -0.918. The van der Waals surface area contributed by atoms with Crippen molar-refractivity contribution in [2.24, 2.45) is 5.10 Å². The molecule has 12 nitrogen and oxygen atoms in total. The van der Waals surface area contributed by atoms with Crippen LogP contribution in [0.1, 0.15) is 41.0 Å². The summed E-state index contributed by atoms with van der Waals surface area (Å²) in [5, 5.41) is 19.5. The fourth-order valence-electron chi connectivity index (χ4n) is 3.28. The maximum absolute atomic E-state index is 12.7. The number of hydrogen-bond donors (Lipinski definition) is 3. The first-order chi connectivity index (χ1) is 14.2. The van der Waals surface area contributed by atoms with E-state index in [0.29, 0.717) is 12.2 Å². The third-order valence-corrected chi connectivity index (χ3v) is 4.74. The molecule has 1 saturated heterocycles. The van der Waals surface area contributed by atoms with Crippen LogP contribution in [0.4, 0.5) is 5.82 Å². The Kier molecular flexibility index (Phi) is 5.52. The van der Waals surface area contributed by atoms with E-state index in [1.54, 1.807) is 24.5 Å². The van der Waals surface area contributed by atoms with Crippen molar-refractivity contribution in [1.82, 2.24) is 35.7 Å². The number of likely N-dealkylation sites (tertiary alicyclic amines) is 1. The SMILES string of the molecule is Nc1nonc1-n1nnc(C(=O)N/N=C\c2ccncc2)c1C[NH+]1CCCCC1. The van der Waals surface area contributed by atoms with Crippen LogP contribution in [0.15, 0.2) is 34.3 Å². The quantitative estimate of drug-likeness (QED) is 0.352. The Hall–Kier alpha value is -3.67. The van der Waals surface area contributed by atoms with Crippen LogP contribution in [0, 0.1) is 0 Å².